The van der Waals surface area contributed by atoms with Crippen molar-refractivity contribution >= 4 is 26.8 Å². The predicted octanol–water partition coefficient (Wildman–Crippen LogP) is 2.00. The molecule has 0 spiro atoms. The van der Waals surface area contributed by atoms with Gasteiger partial charge in [-0.25, -0.2) is 4.98 Å². The SMILES string of the molecule is [2H]C([2H])([2H])n1cnc2ccc(Br)c(C)c2c1=O. The molecule has 0 saturated carbocycles. The standard InChI is InChI=1S/C10H9BrN2O/c1-6-7(11)3-4-8-9(6)10(14)13(2)5-12-8/h3-5H,1-2H3/i2D3. The Kier molecular flexibility index (Phi) is 1.45. The summed E-state index contributed by atoms with van der Waals surface area (Å²) in [5.41, 5.74) is 0.642. The lowest BCUT2D eigenvalue weighted by Gasteiger charge is -2.04. The highest BCUT2D eigenvalue weighted by Crippen LogP contribution is 2.21. The van der Waals surface area contributed by atoms with Gasteiger partial charge in [0, 0.05) is 15.6 Å². The maximum absolute atomic E-state index is 12.1. The number of aryl methyl sites for hydroxylation is 2. The Morgan fingerprint density at radius 2 is 2.36 bits per heavy atom. The Balaban J connectivity index is 2.93. The van der Waals surface area contributed by atoms with Crippen molar-refractivity contribution in [2.24, 2.45) is 6.98 Å². The molecule has 14 heavy (non-hydrogen) atoms. The molecule has 2 aromatic rings. The third-order valence-corrected chi connectivity index (χ3v) is 2.98. The van der Waals surface area contributed by atoms with Crippen LogP contribution >= 0.6 is 15.9 Å². The molecule has 0 atom stereocenters. The molecular weight excluding hydrogens is 244 g/mol. The van der Waals surface area contributed by atoms with Gasteiger partial charge in [-0.2, -0.15) is 0 Å². The fourth-order valence-corrected chi connectivity index (χ4v) is 1.67. The minimum absolute atomic E-state index is 0.331. The van der Waals surface area contributed by atoms with E-state index in [4.69, 9.17) is 4.11 Å². The third kappa shape index (κ3) is 1.26. The van der Waals surface area contributed by atoms with Gasteiger partial charge in [0.15, 0.2) is 0 Å². The van der Waals surface area contributed by atoms with Crippen LogP contribution in [0.2, 0.25) is 0 Å². The van der Waals surface area contributed by atoms with E-state index in [1.165, 1.54) is 0 Å². The highest BCUT2D eigenvalue weighted by atomic mass is 79.9. The Hall–Kier alpha value is -1.16. The van der Waals surface area contributed by atoms with Crippen LogP contribution in [0.3, 0.4) is 0 Å². The summed E-state index contributed by atoms with van der Waals surface area (Å²) < 4.78 is 23.2. The van der Waals surface area contributed by atoms with E-state index in [0.717, 1.165) is 10.8 Å². The number of benzene rings is 1. The Bertz CT molecular complexity index is 648. The monoisotopic (exact) mass is 255 g/mol. The van der Waals surface area contributed by atoms with Gasteiger partial charge in [0.25, 0.3) is 5.56 Å². The van der Waals surface area contributed by atoms with Crippen LogP contribution in [0.1, 0.15) is 9.68 Å². The summed E-state index contributed by atoms with van der Waals surface area (Å²) in [5, 5.41) is 0.331. The summed E-state index contributed by atoms with van der Waals surface area (Å²) in [4.78, 5) is 16.1. The molecule has 0 N–H and O–H groups in total. The van der Waals surface area contributed by atoms with Crippen molar-refractivity contribution < 1.29 is 4.11 Å². The van der Waals surface area contributed by atoms with Gasteiger partial charge < -0.3 is 4.57 Å². The zero-order valence-corrected chi connectivity index (χ0v) is 9.00. The van der Waals surface area contributed by atoms with Gasteiger partial charge in [0.05, 0.1) is 17.2 Å². The number of fused-ring (bicyclic) bond motifs is 1. The molecule has 1 aromatic heterocycles. The molecule has 72 valence electrons. The second-order valence-corrected chi connectivity index (χ2v) is 3.84. The van der Waals surface area contributed by atoms with Crippen LogP contribution < -0.4 is 5.56 Å². The van der Waals surface area contributed by atoms with Gasteiger partial charge in [0.2, 0.25) is 0 Å². The number of nitrogens with zero attached hydrogens (tertiary/aromatic N) is 2. The van der Waals surface area contributed by atoms with Crippen molar-refractivity contribution in [3.05, 3.63) is 38.9 Å². The van der Waals surface area contributed by atoms with Crippen LogP contribution in [-0.4, -0.2) is 9.55 Å². The van der Waals surface area contributed by atoms with Crippen molar-refractivity contribution in [1.29, 1.82) is 0 Å². The quantitative estimate of drug-likeness (QED) is 0.722. The molecule has 0 unspecified atom stereocenters. The van der Waals surface area contributed by atoms with Gasteiger partial charge in [0.1, 0.15) is 0 Å². The number of hydrogen-bond donors (Lipinski definition) is 0. The first-order valence-corrected chi connectivity index (χ1v) is 4.78. The molecule has 0 aliphatic carbocycles. The minimum Gasteiger partial charge on any atom is -0.302 e. The topological polar surface area (TPSA) is 34.9 Å². The minimum atomic E-state index is -2.51. The Morgan fingerprint density at radius 1 is 1.57 bits per heavy atom. The first-order chi connectivity index (χ1) is 7.82. The molecular formula is C10H9BrN2O. The van der Waals surface area contributed by atoms with Crippen molar-refractivity contribution in [3.63, 3.8) is 0 Å². The van der Waals surface area contributed by atoms with Crippen molar-refractivity contribution in [2.45, 2.75) is 6.92 Å². The lowest BCUT2D eigenvalue weighted by atomic mass is 10.1. The maximum atomic E-state index is 12.1. The van der Waals surface area contributed by atoms with Gasteiger partial charge in [-0.05, 0) is 24.6 Å². The zero-order valence-electron chi connectivity index (χ0n) is 10.4. The normalized spacial score (nSPS) is 14.9. The fourth-order valence-electron chi connectivity index (χ4n) is 1.34. The van der Waals surface area contributed by atoms with Crippen molar-refractivity contribution in [2.75, 3.05) is 0 Å². The number of aromatic nitrogens is 2. The van der Waals surface area contributed by atoms with E-state index in [0.29, 0.717) is 21.0 Å². The number of rotatable bonds is 0. The van der Waals surface area contributed by atoms with E-state index in [-0.39, 0.29) is 0 Å². The van der Waals surface area contributed by atoms with Gasteiger partial charge >= 0.3 is 0 Å². The largest absolute Gasteiger partial charge is 0.302 e. The summed E-state index contributed by atoms with van der Waals surface area (Å²) in [6, 6.07) is 3.46. The lowest BCUT2D eigenvalue weighted by Crippen LogP contribution is -2.17. The van der Waals surface area contributed by atoms with E-state index in [2.05, 4.69) is 20.9 Å². The average molecular weight is 256 g/mol. The molecule has 0 fully saturated rings. The molecule has 4 heteroatoms. The second-order valence-electron chi connectivity index (χ2n) is 2.99. The fraction of sp³-hybridized carbons (Fsp3) is 0.200. The highest BCUT2D eigenvalue weighted by molar-refractivity contribution is 9.10. The van der Waals surface area contributed by atoms with Crippen LogP contribution in [0.15, 0.2) is 27.7 Å². The number of halogens is 1. The van der Waals surface area contributed by atoms with E-state index in [9.17, 15) is 4.79 Å². The summed E-state index contributed by atoms with van der Waals surface area (Å²) in [6.45, 7) is -0.758. The van der Waals surface area contributed by atoms with E-state index in [1.54, 1.807) is 19.1 Å². The molecule has 3 nitrogen and oxygen atoms in total. The molecule has 0 aliphatic heterocycles. The van der Waals surface area contributed by atoms with E-state index in [1.807, 2.05) is 0 Å². The molecule has 1 heterocycles. The van der Waals surface area contributed by atoms with Crippen LogP contribution in [0.25, 0.3) is 10.9 Å². The molecule has 1 aromatic carbocycles. The van der Waals surface area contributed by atoms with Gasteiger partial charge in [-0.1, -0.05) is 15.9 Å². The van der Waals surface area contributed by atoms with E-state index < -0.39 is 12.5 Å². The van der Waals surface area contributed by atoms with Crippen LogP contribution in [-0.2, 0) is 6.98 Å². The highest BCUT2D eigenvalue weighted by Gasteiger charge is 2.06. The summed E-state index contributed by atoms with van der Waals surface area (Å²) >= 11 is 3.31. The molecule has 0 bridgehead atoms. The number of hydrogen-bond acceptors (Lipinski definition) is 2. The Labute approximate surface area is 93.7 Å². The van der Waals surface area contributed by atoms with Crippen molar-refractivity contribution in [1.82, 2.24) is 9.55 Å². The zero-order chi connectivity index (χ0) is 12.8. The summed E-state index contributed by atoms with van der Waals surface area (Å²) in [6.07, 6.45) is 1.06. The van der Waals surface area contributed by atoms with Crippen LogP contribution in [0.4, 0.5) is 0 Å². The van der Waals surface area contributed by atoms with Crippen LogP contribution in [0.5, 0.6) is 0 Å². The molecule has 0 saturated heterocycles. The smallest absolute Gasteiger partial charge is 0.261 e. The average Bonchev–Trinajstić information content (AvgIpc) is 2.22. The molecule has 2 rings (SSSR count). The third-order valence-electron chi connectivity index (χ3n) is 2.12. The van der Waals surface area contributed by atoms with Crippen LogP contribution in [0, 0.1) is 6.92 Å². The summed E-state index contributed by atoms with van der Waals surface area (Å²) in [7, 11) is 0. The first-order valence-electron chi connectivity index (χ1n) is 5.49. The molecule has 0 aliphatic rings. The Morgan fingerprint density at radius 3 is 3.07 bits per heavy atom. The van der Waals surface area contributed by atoms with Gasteiger partial charge in [-0.15, -0.1) is 0 Å². The molecule has 0 radical (unpaired) electrons. The first kappa shape index (κ1) is 6.35. The summed E-state index contributed by atoms with van der Waals surface area (Å²) in [5.74, 6) is 0. The van der Waals surface area contributed by atoms with E-state index >= 15 is 0 Å². The predicted molar refractivity (Wildman–Crippen MR) is 59.4 cm³/mol. The van der Waals surface area contributed by atoms with Crippen molar-refractivity contribution in [3.8, 4) is 0 Å². The maximum Gasteiger partial charge on any atom is 0.261 e. The second kappa shape index (κ2) is 3.20. The molecule has 0 amide bonds. The van der Waals surface area contributed by atoms with Gasteiger partial charge in [-0.3, -0.25) is 4.79 Å². The lowest BCUT2D eigenvalue weighted by molar-refractivity contribution is 0.842.